The first-order valence-corrected chi connectivity index (χ1v) is 5.63. The summed E-state index contributed by atoms with van der Waals surface area (Å²) in [6, 6.07) is 11.1. The molecule has 3 aromatic rings. The fraction of sp³-hybridized carbons (Fsp3) is 0. The van der Waals surface area contributed by atoms with E-state index in [0.717, 1.165) is 11.5 Å². The van der Waals surface area contributed by atoms with Crippen LogP contribution >= 0.6 is 0 Å². The molecule has 0 bridgehead atoms. The lowest BCUT2D eigenvalue weighted by Gasteiger charge is -2.07. The molecule has 0 spiro atoms. The van der Waals surface area contributed by atoms with E-state index < -0.39 is 17.3 Å². The molecule has 94 valence electrons. The first kappa shape index (κ1) is 11.4. The minimum absolute atomic E-state index is 0.0132. The Labute approximate surface area is 107 Å². The van der Waals surface area contributed by atoms with Gasteiger partial charge in [0, 0.05) is 0 Å². The molecular formula is C14H9FN2O2. The van der Waals surface area contributed by atoms with Crippen LogP contribution in [0, 0.1) is 5.82 Å². The van der Waals surface area contributed by atoms with Gasteiger partial charge < -0.3 is 10.1 Å². The molecule has 0 fully saturated rings. The number of halogens is 1. The highest BCUT2D eigenvalue weighted by Crippen LogP contribution is 2.29. The van der Waals surface area contributed by atoms with Crippen LogP contribution in [-0.2, 0) is 0 Å². The van der Waals surface area contributed by atoms with E-state index in [1.807, 2.05) is 12.1 Å². The molecule has 3 rings (SSSR count). The molecule has 0 radical (unpaired) electrons. The highest BCUT2D eigenvalue weighted by molar-refractivity contribution is 5.95. The molecule has 0 atom stereocenters. The lowest BCUT2D eigenvalue weighted by Crippen LogP contribution is -2.07. The third kappa shape index (κ3) is 1.95. The Morgan fingerprint density at radius 2 is 1.95 bits per heavy atom. The van der Waals surface area contributed by atoms with Crippen LogP contribution in [0.1, 0.15) is 0 Å². The summed E-state index contributed by atoms with van der Waals surface area (Å²) in [7, 11) is 0. The van der Waals surface area contributed by atoms with Gasteiger partial charge in [-0.2, -0.15) is 4.98 Å². The summed E-state index contributed by atoms with van der Waals surface area (Å²) in [6.45, 7) is 0. The van der Waals surface area contributed by atoms with E-state index in [0.29, 0.717) is 5.39 Å². The second-order valence-corrected chi connectivity index (χ2v) is 4.10. The normalized spacial score (nSPS) is 10.8. The van der Waals surface area contributed by atoms with Crippen LogP contribution in [0.2, 0.25) is 0 Å². The Kier molecular flexibility index (Phi) is 2.52. The van der Waals surface area contributed by atoms with Gasteiger partial charge in [0.2, 0.25) is 5.88 Å². The number of nitrogens with zero attached hydrogens (tertiary/aromatic N) is 1. The lowest BCUT2D eigenvalue weighted by molar-refractivity contribution is 0.451. The maximum atomic E-state index is 14.0. The van der Waals surface area contributed by atoms with Gasteiger partial charge in [0.15, 0.2) is 0 Å². The fourth-order valence-corrected chi connectivity index (χ4v) is 2.05. The zero-order valence-corrected chi connectivity index (χ0v) is 9.72. The second-order valence-electron chi connectivity index (χ2n) is 4.10. The van der Waals surface area contributed by atoms with E-state index in [-0.39, 0.29) is 11.4 Å². The van der Waals surface area contributed by atoms with Crippen molar-refractivity contribution < 1.29 is 9.50 Å². The van der Waals surface area contributed by atoms with Gasteiger partial charge in [0.05, 0.1) is 11.6 Å². The maximum Gasteiger partial charge on any atom is 0.254 e. The average Bonchev–Trinajstić information content (AvgIpc) is 2.37. The van der Waals surface area contributed by atoms with Crippen molar-refractivity contribution in [3.05, 3.63) is 58.6 Å². The maximum absolute atomic E-state index is 14.0. The van der Waals surface area contributed by atoms with Crippen LogP contribution in [-0.4, -0.2) is 15.1 Å². The number of aromatic hydroxyl groups is 1. The quantitative estimate of drug-likeness (QED) is 0.702. The van der Waals surface area contributed by atoms with Crippen molar-refractivity contribution in [3.8, 4) is 17.3 Å². The van der Waals surface area contributed by atoms with Crippen molar-refractivity contribution in [2.75, 3.05) is 0 Å². The Morgan fingerprint density at radius 1 is 1.16 bits per heavy atom. The monoisotopic (exact) mass is 256 g/mol. The zero-order valence-electron chi connectivity index (χ0n) is 9.72. The molecule has 0 aliphatic carbocycles. The van der Waals surface area contributed by atoms with Crippen molar-refractivity contribution in [2.24, 2.45) is 0 Å². The van der Waals surface area contributed by atoms with Crippen LogP contribution in [0.25, 0.3) is 22.2 Å². The number of aromatic nitrogens is 2. The highest BCUT2D eigenvalue weighted by atomic mass is 19.1. The minimum Gasteiger partial charge on any atom is -0.493 e. The number of nitrogens with one attached hydrogen (secondary N) is 1. The Bertz CT molecular complexity index is 827. The minimum atomic E-state index is -0.533. The third-order valence-electron chi connectivity index (χ3n) is 2.84. The molecule has 0 unspecified atom stereocenters. The summed E-state index contributed by atoms with van der Waals surface area (Å²) in [4.78, 5) is 17.6. The zero-order chi connectivity index (χ0) is 13.4. The fourth-order valence-electron chi connectivity index (χ4n) is 2.05. The number of rotatable bonds is 1. The van der Waals surface area contributed by atoms with Gasteiger partial charge in [0.1, 0.15) is 11.6 Å². The molecule has 2 aromatic carbocycles. The number of fused-ring (bicyclic) bond motifs is 1. The molecule has 2 N–H and O–H groups in total. The summed E-state index contributed by atoms with van der Waals surface area (Å²) < 4.78 is 14.0. The SMILES string of the molecule is O=c1cc(O)nc(-c2c(F)ccc3ccccc23)[nH]1. The summed E-state index contributed by atoms with van der Waals surface area (Å²) >= 11 is 0. The van der Waals surface area contributed by atoms with E-state index >= 15 is 0 Å². The molecule has 0 saturated carbocycles. The van der Waals surface area contributed by atoms with E-state index in [4.69, 9.17) is 0 Å². The summed E-state index contributed by atoms with van der Waals surface area (Å²) in [5.74, 6) is -0.933. The van der Waals surface area contributed by atoms with Crippen molar-refractivity contribution in [1.82, 2.24) is 9.97 Å². The van der Waals surface area contributed by atoms with Gasteiger partial charge in [-0.3, -0.25) is 4.79 Å². The molecular weight excluding hydrogens is 247 g/mol. The number of H-pyrrole nitrogens is 1. The number of benzene rings is 2. The summed E-state index contributed by atoms with van der Waals surface area (Å²) in [5.41, 5.74) is -0.360. The number of hydrogen-bond acceptors (Lipinski definition) is 3. The van der Waals surface area contributed by atoms with Crippen LogP contribution in [0.3, 0.4) is 0 Å². The van der Waals surface area contributed by atoms with Crippen LogP contribution in [0.15, 0.2) is 47.3 Å². The Balaban J connectivity index is 2.41. The summed E-state index contributed by atoms with van der Waals surface area (Å²) in [5, 5.41) is 10.8. The van der Waals surface area contributed by atoms with Crippen molar-refractivity contribution >= 4 is 10.8 Å². The van der Waals surface area contributed by atoms with Gasteiger partial charge in [-0.1, -0.05) is 30.3 Å². The van der Waals surface area contributed by atoms with E-state index in [2.05, 4.69) is 9.97 Å². The van der Waals surface area contributed by atoms with E-state index in [1.165, 1.54) is 6.07 Å². The predicted octanol–water partition coefficient (Wildman–Crippen LogP) is 2.43. The smallest absolute Gasteiger partial charge is 0.254 e. The molecule has 19 heavy (non-hydrogen) atoms. The van der Waals surface area contributed by atoms with Gasteiger partial charge in [-0.15, -0.1) is 0 Å². The number of hydrogen-bond donors (Lipinski definition) is 2. The molecule has 0 aliphatic rings. The molecule has 0 saturated heterocycles. The third-order valence-corrected chi connectivity index (χ3v) is 2.84. The lowest BCUT2D eigenvalue weighted by atomic mass is 10.0. The van der Waals surface area contributed by atoms with Crippen LogP contribution in [0.5, 0.6) is 5.88 Å². The molecule has 4 nitrogen and oxygen atoms in total. The summed E-state index contributed by atoms with van der Waals surface area (Å²) in [6.07, 6.45) is 0. The van der Waals surface area contributed by atoms with E-state index in [1.54, 1.807) is 18.2 Å². The standard InChI is InChI=1S/C14H9FN2O2/c15-10-6-5-8-3-1-2-4-9(8)13(10)14-16-11(18)7-12(19)17-14/h1-7H,(H2,16,17,18,19). The van der Waals surface area contributed by atoms with Crippen LogP contribution < -0.4 is 5.56 Å². The topological polar surface area (TPSA) is 66.0 Å². The molecule has 1 heterocycles. The Morgan fingerprint density at radius 3 is 2.74 bits per heavy atom. The first-order chi connectivity index (χ1) is 9.15. The van der Waals surface area contributed by atoms with Gasteiger partial charge in [-0.25, -0.2) is 4.39 Å². The Hall–Kier alpha value is -2.69. The number of aromatic amines is 1. The highest BCUT2D eigenvalue weighted by Gasteiger charge is 2.13. The largest absolute Gasteiger partial charge is 0.493 e. The van der Waals surface area contributed by atoms with E-state index in [9.17, 15) is 14.3 Å². The average molecular weight is 256 g/mol. The molecule has 0 amide bonds. The molecule has 1 aromatic heterocycles. The van der Waals surface area contributed by atoms with Gasteiger partial charge in [0.25, 0.3) is 5.56 Å². The molecule has 0 aliphatic heterocycles. The van der Waals surface area contributed by atoms with Crippen LogP contribution in [0.4, 0.5) is 4.39 Å². The van der Waals surface area contributed by atoms with Gasteiger partial charge in [-0.05, 0) is 16.8 Å². The second kappa shape index (κ2) is 4.20. The van der Waals surface area contributed by atoms with Crippen molar-refractivity contribution in [1.29, 1.82) is 0 Å². The van der Waals surface area contributed by atoms with Crippen molar-refractivity contribution in [3.63, 3.8) is 0 Å². The first-order valence-electron chi connectivity index (χ1n) is 5.63. The molecule has 5 heteroatoms. The van der Waals surface area contributed by atoms with Gasteiger partial charge >= 0.3 is 0 Å². The predicted molar refractivity (Wildman–Crippen MR) is 69.4 cm³/mol. The van der Waals surface area contributed by atoms with Crippen molar-refractivity contribution in [2.45, 2.75) is 0 Å².